The van der Waals surface area contributed by atoms with E-state index in [2.05, 4.69) is 5.32 Å². The zero-order valence-electron chi connectivity index (χ0n) is 20.0. The number of aromatic nitrogens is 2. The first-order valence-corrected chi connectivity index (χ1v) is 12.5. The lowest BCUT2D eigenvalue weighted by Crippen LogP contribution is -2.38. The second-order valence-electron chi connectivity index (χ2n) is 8.29. The zero-order chi connectivity index (χ0) is 26.0. The first kappa shape index (κ1) is 24.9. The maximum Gasteiger partial charge on any atom is 0.295 e. The number of benzene rings is 3. The summed E-state index contributed by atoms with van der Waals surface area (Å²) in [7, 11) is -2.49. The SMILES string of the molecule is Cc1ccc(S(=O)(=O)N(CC(=O)Nc2c(C)n(C)n(-c3ccccc3)c2=O)c2ccc(F)cc2)cc1. The molecule has 8 nitrogen and oxygen atoms in total. The molecular formula is C26H25FN4O4S. The summed E-state index contributed by atoms with van der Waals surface area (Å²) in [5.74, 6) is -1.27. The van der Waals surface area contributed by atoms with Crippen LogP contribution in [0, 0.1) is 19.7 Å². The van der Waals surface area contributed by atoms with E-state index in [4.69, 9.17) is 0 Å². The molecule has 0 unspecified atom stereocenters. The van der Waals surface area contributed by atoms with Crippen molar-refractivity contribution in [3.05, 3.63) is 106 Å². The molecule has 1 aromatic heterocycles. The van der Waals surface area contributed by atoms with Gasteiger partial charge in [0.1, 0.15) is 18.0 Å². The van der Waals surface area contributed by atoms with Gasteiger partial charge in [-0.05, 0) is 62.4 Å². The van der Waals surface area contributed by atoms with Gasteiger partial charge in [-0.3, -0.25) is 18.6 Å². The Labute approximate surface area is 208 Å². The summed E-state index contributed by atoms with van der Waals surface area (Å²) in [5.41, 5.74) is 1.67. The molecule has 4 aromatic rings. The second-order valence-corrected chi connectivity index (χ2v) is 10.1. The molecule has 36 heavy (non-hydrogen) atoms. The average molecular weight is 509 g/mol. The molecule has 3 aromatic carbocycles. The van der Waals surface area contributed by atoms with Gasteiger partial charge in [-0.15, -0.1) is 0 Å². The molecule has 0 saturated heterocycles. The van der Waals surface area contributed by atoms with Crippen LogP contribution in [-0.2, 0) is 21.9 Å². The largest absolute Gasteiger partial charge is 0.318 e. The number of carbonyl (C=O) groups is 1. The van der Waals surface area contributed by atoms with Crippen LogP contribution in [0.15, 0.2) is 88.6 Å². The number of nitrogens with one attached hydrogen (secondary N) is 1. The molecule has 0 bridgehead atoms. The first-order valence-electron chi connectivity index (χ1n) is 11.1. The van der Waals surface area contributed by atoms with Crippen LogP contribution in [0.3, 0.4) is 0 Å². The second kappa shape index (κ2) is 9.82. The number of aryl methyl sites for hydroxylation is 1. The van der Waals surface area contributed by atoms with E-state index in [1.807, 2.05) is 13.0 Å². The van der Waals surface area contributed by atoms with E-state index in [9.17, 15) is 22.4 Å². The van der Waals surface area contributed by atoms with Crippen molar-refractivity contribution in [2.24, 2.45) is 7.05 Å². The van der Waals surface area contributed by atoms with E-state index in [-0.39, 0.29) is 16.3 Å². The minimum absolute atomic E-state index is 0.0208. The minimum Gasteiger partial charge on any atom is -0.318 e. The molecule has 0 saturated carbocycles. The summed E-state index contributed by atoms with van der Waals surface area (Å²) in [6.07, 6.45) is 0. The lowest BCUT2D eigenvalue weighted by Gasteiger charge is -2.24. The van der Waals surface area contributed by atoms with Crippen molar-refractivity contribution in [1.82, 2.24) is 9.36 Å². The molecule has 0 spiro atoms. The first-order chi connectivity index (χ1) is 17.1. The van der Waals surface area contributed by atoms with Crippen LogP contribution in [0.1, 0.15) is 11.3 Å². The molecule has 1 amide bonds. The van der Waals surface area contributed by atoms with Crippen LogP contribution in [0.5, 0.6) is 0 Å². The summed E-state index contributed by atoms with van der Waals surface area (Å²) in [6.45, 7) is 2.88. The highest BCUT2D eigenvalue weighted by Crippen LogP contribution is 2.24. The van der Waals surface area contributed by atoms with Gasteiger partial charge in [0.2, 0.25) is 5.91 Å². The standard InChI is InChI=1S/C26H25FN4O4S/c1-18-9-15-23(16-10-18)36(34,35)30(21-13-11-20(27)12-14-21)17-24(32)28-25-19(2)29(3)31(26(25)33)22-7-5-4-6-8-22/h4-16H,17H2,1-3H3,(H,28,32). The topological polar surface area (TPSA) is 93.4 Å². The summed E-state index contributed by atoms with van der Waals surface area (Å²) in [5, 5.41) is 2.58. The Bertz CT molecular complexity index is 1560. The Balaban J connectivity index is 1.69. The summed E-state index contributed by atoms with van der Waals surface area (Å²) in [4.78, 5) is 26.2. The molecule has 0 aliphatic carbocycles. The Morgan fingerprint density at radius 2 is 1.56 bits per heavy atom. The van der Waals surface area contributed by atoms with E-state index in [1.54, 1.807) is 55.1 Å². The third-order valence-electron chi connectivity index (χ3n) is 5.83. The van der Waals surface area contributed by atoms with Crippen molar-refractivity contribution in [1.29, 1.82) is 0 Å². The molecule has 0 aliphatic heterocycles. The van der Waals surface area contributed by atoms with E-state index in [0.29, 0.717) is 11.4 Å². The number of sulfonamides is 1. The van der Waals surface area contributed by atoms with Crippen LogP contribution < -0.4 is 15.2 Å². The Kier molecular flexibility index (Phi) is 6.80. The number of para-hydroxylation sites is 1. The Hall–Kier alpha value is -4.18. The summed E-state index contributed by atoms with van der Waals surface area (Å²) in [6, 6.07) is 19.9. The predicted molar refractivity (Wildman–Crippen MR) is 136 cm³/mol. The number of rotatable bonds is 7. The summed E-state index contributed by atoms with van der Waals surface area (Å²) >= 11 is 0. The molecule has 0 aliphatic rings. The summed E-state index contributed by atoms with van der Waals surface area (Å²) < 4.78 is 44.4. The Morgan fingerprint density at radius 1 is 0.944 bits per heavy atom. The van der Waals surface area contributed by atoms with Crippen molar-refractivity contribution in [2.75, 3.05) is 16.2 Å². The van der Waals surface area contributed by atoms with Gasteiger partial charge in [0, 0.05) is 7.05 Å². The van der Waals surface area contributed by atoms with Crippen molar-refractivity contribution in [3.63, 3.8) is 0 Å². The van der Waals surface area contributed by atoms with E-state index < -0.39 is 33.9 Å². The number of halogens is 1. The van der Waals surface area contributed by atoms with Gasteiger partial charge in [-0.25, -0.2) is 17.5 Å². The highest BCUT2D eigenvalue weighted by Gasteiger charge is 2.28. The normalized spacial score (nSPS) is 11.3. The van der Waals surface area contributed by atoms with Crippen molar-refractivity contribution in [3.8, 4) is 5.69 Å². The molecule has 0 fully saturated rings. The van der Waals surface area contributed by atoms with Gasteiger partial charge < -0.3 is 5.32 Å². The fourth-order valence-corrected chi connectivity index (χ4v) is 5.20. The molecule has 0 atom stereocenters. The highest BCUT2D eigenvalue weighted by atomic mass is 32.2. The fourth-order valence-electron chi connectivity index (χ4n) is 3.78. The highest BCUT2D eigenvalue weighted by molar-refractivity contribution is 7.92. The smallest absolute Gasteiger partial charge is 0.295 e. The lowest BCUT2D eigenvalue weighted by atomic mass is 10.2. The number of carbonyl (C=O) groups excluding carboxylic acids is 1. The molecule has 1 N–H and O–H groups in total. The lowest BCUT2D eigenvalue weighted by molar-refractivity contribution is -0.114. The monoisotopic (exact) mass is 508 g/mol. The maximum atomic E-state index is 13.5. The van der Waals surface area contributed by atoms with Crippen LogP contribution in [-0.4, -0.2) is 30.2 Å². The van der Waals surface area contributed by atoms with Gasteiger partial charge in [0.25, 0.3) is 15.6 Å². The van der Waals surface area contributed by atoms with Crippen molar-refractivity contribution >= 4 is 27.3 Å². The van der Waals surface area contributed by atoms with E-state index >= 15 is 0 Å². The van der Waals surface area contributed by atoms with Gasteiger partial charge in [-0.2, -0.15) is 0 Å². The average Bonchev–Trinajstić information content (AvgIpc) is 3.07. The maximum absolute atomic E-state index is 13.5. The molecule has 1 heterocycles. The van der Waals surface area contributed by atoms with Crippen LogP contribution in [0.4, 0.5) is 15.8 Å². The van der Waals surface area contributed by atoms with Crippen LogP contribution in [0.2, 0.25) is 0 Å². The number of anilines is 2. The van der Waals surface area contributed by atoms with Crippen molar-refractivity contribution < 1.29 is 17.6 Å². The quantitative estimate of drug-likeness (QED) is 0.411. The predicted octanol–water partition coefficient (Wildman–Crippen LogP) is 3.77. The van der Waals surface area contributed by atoms with Crippen LogP contribution >= 0.6 is 0 Å². The van der Waals surface area contributed by atoms with Crippen LogP contribution in [0.25, 0.3) is 5.69 Å². The third kappa shape index (κ3) is 4.80. The minimum atomic E-state index is -4.18. The number of hydrogen-bond donors (Lipinski definition) is 1. The van der Waals surface area contributed by atoms with Crippen molar-refractivity contribution in [2.45, 2.75) is 18.7 Å². The van der Waals surface area contributed by atoms with Gasteiger partial charge >= 0.3 is 0 Å². The molecule has 0 radical (unpaired) electrons. The number of amides is 1. The van der Waals surface area contributed by atoms with E-state index in [1.165, 1.54) is 28.9 Å². The zero-order valence-corrected chi connectivity index (χ0v) is 20.8. The number of nitrogens with zero attached hydrogens (tertiary/aromatic N) is 3. The van der Waals surface area contributed by atoms with Gasteiger partial charge in [0.15, 0.2) is 0 Å². The molecular weight excluding hydrogens is 483 g/mol. The third-order valence-corrected chi connectivity index (χ3v) is 7.62. The Morgan fingerprint density at radius 3 is 2.17 bits per heavy atom. The molecule has 4 rings (SSSR count). The van der Waals surface area contributed by atoms with E-state index in [0.717, 1.165) is 22.0 Å². The molecule has 186 valence electrons. The number of hydrogen-bond acceptors (Lipinski definition) is 4. The fraction of sp³-hybridized carbons (Fsp3) is 0.154. The van der Waals surface area contributed by atoms with Gasteiger partial charge in [0.05, 0.1) is 22.0 Å². The van der Waals surface area contributed by atoms with Gasteiger partial charge in [-0.1, -0.05) is 35.9 Å². The molecule has 10 heteroatoms.